The Morgan fingerprint density at radius 1 is 0.677 bits per heavy atom. The summed E-state index contributed by atoms with van der Waals surface area (Å²) in [6.45, 7) is 5.53. The number of benzene rings is 2. The molecular weight excluding hydrogens is 389 g/mol. The third kappa shape index (κ3) is 6.32. The highest BCUT2D eigenvalue weighted by atomic mass is 19.1. The summed E-state index contributed by atoms with van der Waals surface area (Å²) in [7, 11) is 0. The minimum atomic E-state index is -0.398. The number of pyridine rings is 1. The van der Waals surface area contributed by atoms with E-state index < -0.39 is 5.82 Å². The molecule has 0 aliphatic carbocycles. The Kier molecular flexibility index (Phi) is 9.39. The van der Waals surface area contributed by atoms with Gasteiger partial charge in [-0.3, -0.25) is 0 Å². The maximum atomic E-state index is 15.3. The molecule has 0 radical (unpaired) electrons. The Labute approximate surface area is 186 Å². The minimum Gasteiger partial charge on any atom is -0.490 e. The van der Waals surface area contributed by atoms with Gasteiger partial charge >= 0.3 is 0 Å². The standard InChI is InChI=1S/C27H36FNO2/c1-3-5-7-9-10-14-19-30-24-18-17-22-21-15-11-12-16-23(21)27(29-26(22)25(24)28)31-20-13-8-6-4-2/h11-12,15-18H,3-10,13-14,19-20H2,1-2H3. The number of ether oxygens (including phenoxy) is 2. The summed E-state index contributed by atoms with van der Waals surface area (Å²) < 4.78 is 27.1. The van der Waals surface area contributed by atoms with Crippen LogP contribution in [0.1, 0.15) is 78.1 Å². The van der Waals surface area contributed by atoms with Crippen molar-refractivity contribution in [3.63, 3.8) is 0 Å². The molecule has 4 heteroatoms. The first-order chi connectivity index (χ1) is 15.3. The van der Waals surface area contributed by atoms with Crippen LogP contribution in [0.2, 0.25) is 0 Å². The summed E-state index contributed by atoms with van der Waals surface area (Å²) in [5.74, 6) is 0.384. The highest BCUT2D eigenvalue weighted by Crippen LogP contribution is 2.34. The van der Waals surface area contributed by atoms with Crippen LogP contribution in [0.4, 0.5) is 4.39 Å². The number of aromatic nitrogens is 1. The molecule has 3 aromatic rings. The van der Waals surface area contributed by atoms with Gasteiger partial charge in [0.25, 0.3) is 0 Å². The zero-order chi connectivity index (χ0) is 21.9. The Morgan fingerprint density at radius 3 is 2.03 bits per heavy atom. The normalized spacial score (nSPS) is 11.3. The van der Waals surface area contributed by atoms with E-state index in [4.69, 9.17) is 9.47 Å². The first-order valence-electron chi connectivity index (χ1n) is 12.0. The molecule has 0 aliphatic rings. The number of halogens is 1. The van der Waals surface area contributed by atoms with Crippen LogP contribution in [0.3, 0.4) is 0 Å². The van der Waals surface area contributed by atoms with Gasteiger partial charge < -0.3 is 9.47 Å². The van der Waals surface area contributed by atoms with Crippen LogP contribution in [0.15, 0.2) is 36.4 Å². The molecule has 3 rings (SSSR count). The van der Waals surface area contributed by atoms with E-state index in [-0.39, 0.29) is 5.75 Å². The number of fused-ring (bicyclic) bond motifs is 3. The third-order valence-electron chi connectivity index (χ3n) is 5.73. The molecule has 0 atom stereocenters. The second-order valence-electron chi connectivity index (χ2n) is 8.26. The molecule has 0 saturated carbocycles. The number of rotatable bonds is 14. The van der Waals surface area contributed by atoms with Gasteiger partial charge in [0, 0.05) is 10.8 Å². The quantitative estimate of drug-likeness (QED) is 0.192. The van der Waals surface area contributed by atoms with Crippen molar-refractivity contribution >= 4 is 21.7 Å². The molecule has 2 aromatic carbocycles. The van der Waals surface area contributed by atoms with Crippen LogP contribution in [-0.2, 0) is 0 Å². The van der Waals surface area contributed by atoms with Crippen LogP contribution >= 0.6 is 0 Å². The Hall–Kier alpha value is -2.36. The van der Waals surface area contributed by atoms with E-state index in [0.29, 0.717) is 24.6 Å². The number of hydrogen-bond acceptors (Lipinski definition) is 3. The van der Waals surface area contributed by atoms with Crippen LogP contribution in [-0.4, -0.2) is 18.2 Å². The van der Waals surface area contributed by atoms with Crippen molar-refractivity contribution in [1.82, 2.24) is 4.98 Å². The summed E-state index contributed by atoms with van der Waals surface area (Å²) in [6, 6.07) is 11.6. The SMILES string of the molecule is CCCCCCCCOc1ccc2c(nc(OCCCCCC)c3ccccc32)c1F. The van der Waals surface area contributed by atoms with Crippen LogP contribution in [0, 0.1) is 5.82 Å². The van der Waals surface area contributed by atoms with Crippen molar-refractivity contribution in [2.75, 3.05) is 13.2 Å². The summed E-state index contributed by atoms with van der Waals surface area (Å²) in [5.41, 5.74) is 0.322. The second kappa shape index (κ2) is 12.5. The van der Waals surface area contributed by atoms with E-state index in [2.05, 4.69) is 18.8 Å². The predicted molar refractivity (Wildman–Crippen MR) is 128 cm³/mol. The average molecular weight is 426 g/mol. The van der Waals surface area contributed by atoms with Crippen molar-refractivity contribution in [3.8, 4) is 11.6 Å². The molecule has 31 heavy (non-hydrogen) atoms. The lowest BCUT2D eigenvalue weighted by Gasteiger charge is -2.13. The van der Waals surface area contributed by atoms with Crippen LogP contribution < -0.4 is 9.47 Å². The topological polar surface area (TPSA) is 31.4 Å². The molecular formula is C27H36FNO2. The highest BCUT2D eigenvalue weighted by molar-refractivity contribution is 6.08. The molecule has 0 N–H and O–H groups in total. The van der Waals surface area contributed by atoms with E-state index in [0.717, 1.165) is 41.8 Å². The number of unbranched alkanes of at least 4 members (excludes halogenated alkanes) is 8. The molecule has 0 spiro atoms. The second-order valence-corrected chi connectivity index (χ2v) is 8.26. The smallest absolute Gasteiger partial charge is 0.222 e. The lowest BCUT2D eigenvalue weighted by atomic mass is 10.1. The van der Waals surface area contributed by atoms with Gasteiger partial charge in [-0.2, -0.15) is 0 Å². The Balaban J connectivity index is 1.75. The Morgan fingerprint density at radius 2 is 1.29 bits per heavy atom. The summed E-state index contributed by atoms with van der Waals surface area (Å²) in [5, 5.41) is 2.67. The number of nitrogens with zero attached hydrogens (tertiary/aromatic N) is 1. The first-order valence-corrected chi connectivity index (χ1v) is 12.0. The molecule has 3 nitrogen and oxygen atoms in total. The third-order valence-corrected chi connectivity index (χ3v) is 5.73. The van der Waals surface area contributed by atoms with Crippen LogP contribution in [0.5, 0.6) is 11.6 Å². The van der Waals surface area contributed by atoms with E-state index in [1.165, 1.54) is 38.5 Å². The maximum absolute atomic E-state index is 15.3. The fraction of sp³-hybridized carbons (Fsp3) is 0.519. The van der Waals surface area contributed by atoms with E-state index in [1.54, 1.807) is 6.07 Å². The van der Waals surface area contributed by atoms with E-state index in [9.17, 15) is 0 Å². The van der Waals surface area contributed by atoms with Gasteiger partial charge in [-0.05, 0) is 36.4 Å². The lowest BCUT2D eigenvalue weighted by molar-refractivity contribution is 0.290. The summed E-state index contributed by atoms with van der Waals surface area (Å²) in [6.07, 6.45) is 11.6. The fourth-order valence-electron chi connectivity index (χ4n) is 3.92. The van der Waals surface area contributed by atoms with Gasteiger partial charge in [-0.15, -0.1) is 0 Å². The van der Waals surface area contributed by atoms with Crippen molar-refractivity contribution in [3.05, 3.63) is 42.2 Å². The first kappa shape index (κ1) is 23.3. The van der Waals surface area contributed by atoms with Gasteiger partial charge in [0.15, 0.2) is 11.6 Å². The van der Waals surface area contributed by atoms with Gasteiger partial charge in [-0.25, -0.2) is 9.37 Å². The van der Waals surface area contributed by atoms with Crippen molar-refractivity contribution in [1.29, 1.82) is 0 Å². The monoisotopic (exact) mass is 425 g/mol. The Bertz CT molecular complexity index is 957. The predicted octanol–water partition coefficient (Wildman–Crippen LogP) is 8.23. The van der Waals surface area contributed by atoms with Gasteiger partial charge in [0.2, 0.25) is 5.88 Å². The zero-order valence-corrected chi connectivity index (χ0v) is 19.1. The van der Waals surface area contributed by atoms with Gasteiger partial charge in [-0.1, -0.05) is 83.4 Å². The lowest BCUT2D eigenvalue weighted by Crippen LogP contribution is -2.03. The van der Waals surface area contributed by atoms with Gasteiger partial charge in [0.05, 0.1) is 13.2 Å². The zero-order valence-electron chi connectivity index (χ0n) is 19.1. The molecule has 0 fully saturated rings. The molecule has 168 valence electrons. The molecule has 1 heterocycles. The molecule has 1 aromatic heterocycles. The number of hydrogen-bond donors (Lipinski definition) is 0. The minimum absolute atomic E-state index is 0.276. The molecule has 0 saturated heterocycles. The van der Waals surface area contributed by atoms with Crippen molar-refractivity contribution in [2.45, 2.75) is 78.1 Å². The molecule has 0 amide bonds. The molecule has 0 bridgehead atoms. The largest absolute Gasteiger partial charge is 0.490 e. The van der Waals surface area contributed by atoms with Crippen molar-refractivity contribution < 1.29 is 13.9 Å². The highest BCUT2D eigenvalue weighted by Gasteiger charge is 2.16. The molecule has 0 unspecified atom stereocenters. The average Bonchev–Trinajstić information content (AvgIpc) is 2.80. The molecule has 0 aliphatic heterocycles. The van der Waals surface area contributed by atoms with Crippen molar-refractivity contribution in [2.24, 2.45) is 0 Å². The van der Waals surface area contributed by atoms with E-state index >= 15 is 4.39 Å². The maximum Gasteiger partial charge on any atom is 0.222 e. The summed E-state index contributed by atoms with van der Waals surface area (Å²) in [4.78, 5) is 4.58. The van der Waals surface area contributed by atoms with E-state index in [1.807, 2.05) is 30.3 Å². The van der Waals surface area contributed by atoms with Crippen LogP contribution in [0.25, 0.3) is 21.7 Å². The summed E-state index contributed by atoms with van der Waals surface area (Å²) >= 11 is 0. The van der Waals surface area contributed by atoms with Gasteiger partial charge in [0.1, 0.15) is 5.52 Å². The fourth-order valence-corrected chi connectivity index (χ4v) is 3.92.